The number of carbonyl (C=O) groups is 1. The van der Waals surface area contributed by atoms with Gasteiger partial charge in [0.15, 0.2) is 0 Å². The molecule has 0 radical (unpaired) electrons. The fourth-order valence-corrected chi connectivity index (χ4v) is 2.97. The first-order chi connectivity index (χ1) is 13.2. The molecule has 0 aliphatic rings. The van der Waals surface area contributed by atoms with Crippen molar-refractivity contribution < 1.29 is 9.53 Å². The van der Waals surface area contributed by atoms with Gasteiger partial charge >= 0.3 is 0 Å². The summed E-state index contributed by atoms with van der Waals surface area (Å²) in [5.74, 6) is 1.38. The van der Waals surface area contributed by atoms with Crippen molar-refractivity contribution in [1.29, 1.82) is 0 Å². The molecule has 2 aromatic carbocycles. The number of aromatic nitrogens is 4. The van der Waals surface area contributed by atoms with Crippen LogP contribution in [0.15, 0.2) is 54.7 Å². The molecule has 7 heteroatoms. The van der Waals surface area contributed by atoms with Crippen LogP contribution in [0.25, 0.3) is 22.3 Å². The number of hydrogen-bond acceptors (Lipinski definition) is 4. The van der Waals surface area contributed by atoms with Crippen molar-refractivity contribution >= 4 is 16.9 Å². The van der Waals surface area contributed by atoms with Gasteiger partial charge in [0.2, 0.25) is 0 Å². The van der Waals surface area contributed by atoms with Crippen LogP contribution in [-0.4, -0.2) is 39.7 Å². The Balaban J connectivity index is 1.43. The molecule has 4 rings (SSSR count). The number of benzene rings is 2. The maximum absolute atomic E-state index is 12.6. The summed E-state index contributed by atoms with van der Waals surface area (Å²) in [6.45, 7) is 0.474. The van der Waals surface area contributed by atoms with Crippen molar-refractivity contribution in [3.63, 3.8) is 0 Å². The number of carbonyl (C=O) groups excluding carboxylic acids is 1. The highest BCUT2D eigenvalue weighted by molar-refractivity contribution is 5.99. The number of nitrogens with one attached hydrogen (secondary N) is 3. The number of hydrogen-bond donors (Lipinski definition) is 3. The summed E-state index contributed by atoms with van der Waals surface area (Å²) in [6.07, 6.45) is 2.15. The molecule has 27 heavy (non-hydrogen) atoms. The van der Waals surface area contributed by atoms with Gasteiger partial charge in [-0.1, -0.05) is 24.3 Å². The minimum atomic E-state index is -0.183. The average Bonchev–Trinajstić information content (AvgIpc) is 3.34. The topological polar surface area (TPSA) is 95.7 Å². The Morgan fingerprint density at radius 3 is 2.93 bits per heavy atom. The summed E-state index contributed by atoms with van der Waals surface area (Å²) in [7, 11) is 1.61. The third-order valence-electron chi connectivity index (χ3n) is 4.33. The van der Waals surface area contributed by atoms with E-state index in [4.69, 9.17) is 4.74 Å². The number of fused-ring (bicyclic) bond motifs is 1. The molecular formula is C20H19N5O2. The van der Waals surface area contributed by atoms with Gasteiger partial charge in [-0.05, 0) is 24.3 Å². The lowest BCUT2D eigenvalue weighted by atomic mass is 10.1. The van der Waals surface area contributed by atoms with E-state index in [2.05, 4.69) is 25.5 Å². The normalized spacial score (nSPS) is 10.9. The summed E-state index contributed by atoms with van der Waals surface area (Å²) in [5, 5.41) is 9.85. The van der Waals surface area contributed by atoms with E-state index in [1.807, 2.05) is 48.5 Å². The van der Waals surface area contributed by atoms with Crippen LogP contribution in [0.3, 0.4) is 0 Å². The van der Waals surface area contributed by atoms with E-state index in [-0.39, 0.29) is 5.91 Å². The summed E-state index contributed by atoms with van der Waals surface area (Å²) in [5.41, 5.74) is 3.92. The monoisotopic (exact) mass is 361 g/mol. The molecule has 0 unspecified atom stereocenters. The second kappa shape index (κ2) is 7.33. The molecule has 4 aromatic rings. The molecule has 0 bridgehead atoms. The Morgan fingerprint density at radius 1 is 1.19 bits per heavy atom. The number of methoxy groups -OCH3 is 1. The molecule has 0 aliphatic heterocycles. The van der Waals surface area contributed by atoms with Gasteiger partial charge in [-0.25, -0.2) is 4.98 Å². The molecule has 0 spiro atoms. The number of rotatable bonds is 6. The fourth-order valence-electron chi connectivity index (χ4n) is 2.97. The first-order valence-electron chi connectivity index (χ1n) is 8.64. The highest BCUT2D eigenvalue weighted by atomic mass is 16.5. The predicted molar refractivity (Wildman–Crippen MR) is 103 cm³/mol. The maximum Gasteiger partial charge on any atom is 0.255 e. The lowest BCUT2D eigenvalue weighted by Crippen LogP contribution is -2.26. The number of H-pyrrole nitrogens is 2. The molecule has 136 valence electrons. The lowest BCUT2D eigenvalue weighted by molar-refractivity contribution is 0.0954. The van der Waals surface area contributed by atoms with Crippen LogP contribution in [0.4, 0.5) is 0 Å². The average molecular weight is 361 g/mol. The largest absolute Gasteiger partial charge is 0.497 e. The molecule has 2 aromatic heterocycles. The van der Waals surface area contributed by atoms with Gasteiger partial charge in [0, 0.05) is 18.5 Å². The Kier molecular flexibility index (Phi) is 4.57. The molecule has 2 heterocycles. The van der Waals surface area contributed by atoms with Crippen LogP contribution >= 0.6 is 0 Å². The number of nitrogens with zero attached hydrogens (tertiary/aromatic N) is 2. The Labute approximate surface area is 155 Å². The van der Waals surface area contributed by atoms with Crippen molar-refractivity contribution in [1.82, 2.24) is 25.5 Å². The lowest BCUT2D eigenvalue weighted by Gasteiger charge is -2.06. The van der Waals surface area contributed by atoms with Gasteiger partial charge < -0.3 is 15.0 Å². The van der Waals surface area contributed by atoms with Gasteiger partial charge in [-0.3, -0.25) is 9.89 Å². The van der Waals surface area contributed by atoms with Crippen molar-refractivity contribution in [3.8, 4) is 17.0 Å². The summed E-state index contributed by atoms with van der Waals surface area (Å²) in [4.78, 5) is 20.4. The molecule has 3 N–H and O–H groups in total. The first-order valence-corrected chi connectivity index (χ1v) is 8.64. The zero-order valence-corrected chi connectivity index (χ0v) is 14.8. The van der Waals surface area contributed by atoms with Crippen LogP contribution < -0.4 is 10.1 Å². The maximum atomic E-state index is 12.6. The van der Waals surface area contributed by atoms with Crippen LogP contribution in [0.2, 0.25) is 0 Å². The standard InChI is InChI=1S/C20H19N5O2/c1-27-14-6-4-5-13(11-14)19-15(12-22-25-19)20(26)21-10-9-18-23-16-7-2-3-8-17(16)24-18/h2-8,11-12H,9-10H2,1H3,(H,21,26)(H,22,25)(H,23,24). The Hall–Kier alpha value is -3.61. The van der Waals surface area contributed by atoms with Crippen molar-refractivity contribution in [3.05, 3.63) is 66.1 Å². The van der Waals surface area contributed by atoms with Crippen molar-refractivity contribution in [2.75, 3.05) is 13.7 Å². The van der Waals surface area contributed by atoms with Crippen LogP contribution in [0.1, 0.15) is 16.2 Å². The second-order valence-electron chi connectivity index (χ2n) is 6.10. The van der Waals surface area contributed by atoms with Crippen LogP contribution in [0.5, 0.6) is 5.75 Å². The van der Waals surface area contributed by atoms with Gasteiger partial charge in [-0.15, -0.1) is 0 Å². The second-order valence-corrected chi connectivity index (χ2v) is 6.10. The molecule has 0 saturated heterocycles. The smallest absolute Gasteiger partial charge is 0.255 e. The van der Waals surface area contributed by atoms with E-state index < -0.39 is 0 Å². The third-order valence-corrected chi connectivity index (χ3v) is 4.33. The summed E-state index contributed by atoms with van der Waals surface area (Å²) >= 11 is 0. The van der Waals surface area contributed by atoms with E-state index in [9.17, 15) is 4.79 Å². The minimum Gasteiger partial charge on any atom is -0.497 e. The molecular weight excluding hydrogens is 342 g/mol. The van der Waals surface area contributed by atoms with Gasteiger partial charge in [0.1, 0.15) is 11.6 Å². The number of ether oxygens (including phenoxy) is 1. The Bertz CT molecular complexity index is 1050. The van der Waals surface area contributed by atoms with Crippen LogP contribution in [0, 0.1) is 0 Å². The molecule has 0 aliphatic carbocycles. The zero-order chi connectivity index (χ0) is 18.6. The van der Waals surface area contributed by atoms with Gasteiger partial charge in [-0.2, -0.15) is 5.10 Å². The highest BCUT2D eigenvalue weighted by Crippen LogP contribution is 2.24. The van der Waals surface area contributed by atoms with E-state index >= 15 is 0 Å². The van der Waals surface area contributed by atoms with E-state index in [0.717, 1.165) is 28.2 Å². The van der Waals surface area contributed by atoms with Gasteiger partial charge in [0.05, 0.1) is 35.6 Å². The Morgan fingerprint density at radius 2 is 2.07 bits per heavy atom. The van der Waals surface area contributed by atoms with Gasteiger partial charge in [0.25, 0.3) is 5.91 Å². The van der Waals surface area contributed by atoms with Crippen LogP contribution in [-0.2, 0) is 6.42 Å². The number of amides is 1. The SMILES string of the molecule is COc1cccc(-c2[nH]ncc2C(=O)NCCc2nc3ccccc3[nH]2)c1. The molecule has 0 fully saturated rings. The third kappa shape index (κ3) is 3.52. The predicted octanol–water partition coefficient (Wildman–Crippen LogP) is 2.93. The van der Waals surface area contributed by atoms with Crippen molar-refractivity contribution in [2.45, 2.75) is 6.42 Å². The van der Waals surface area contributed by atoms with E-state index in [1.165, 1.54) is 6.20 Å². The van der Waals surface area contributed by atoms with Crippen molar-refractivity contribution in [2.24, 2.45) is 0 Å². The number of imidazole rings is 1. The summed E-state index contributed by atoms with van der Waals surface area (Å²) in [6, 6.07) is 15.3. The fraction of sp³-hybridized carbons (Fsp3) is 0.150. The minimum absolute atomic E-state index is 0.183. The quantitative estimate of drug-likeness (QED) is 0.492. The molecule has 0 saturated carbocycles. The molecule has 1 amide bonds. The number of para-hydroxylation sites is 2. The zero-order valence-electron chi connectivity index (χ0n) is 14.8. The number of aromatic amines is 2. The summed E-state index contributed by atoms with van der Waals surface area (Å²) < 4.78 is 5.25. The molecule has 7 nitrogen and oxygen atoms in total. The first kappa shape index (κ1) is 16.8. The molecule has 0 atom stereocenters. The van der Waals surface area contributed by atoms with E-state index in [0.29, 0.717) is 24.2 Å². The van der Waals surface area contributed by atoms with E-state index in [1.54, 1.807) is 7.11 Å². The highest BCUT2D eigenvalue weighted by Gasteiger charge is 2.15.